The van der Waals surface area contributed by atoms with Gasteiger partial charge in [-0.15, -0.1) is 0 Å². The SMILES string of the molecule is CC(C)[C@H](NC(=O)[C@@H]1CCCN1C(=O)[C@H](CCC(=O)O)NC(=O)[C@H](C)NC(=O)[C@H](C)NC(=O)[C@@H]1CCCN1)C(=O)N1CCC[C@H]1C(=O)O. The Hall–Kier alpha value is -4.28. The number of nitrogens with zero attached hydrogens (tertiary/aromatic N) is 2. The first-order valence-corrected chi connectivity index (χ1v) is 16.6. The fourth-order valence-electron chi connectivity index (χ4n) is 6.25. The standard InChI is InChI=1S/C31H49N7O10/c1-16(2)24(30(46)38-15-7-10-22(38)31(47)48)36-28(44)21-9-6-14-37(21)29(45)20(11-12-23(39)40)35-26(42)18(4)33-25(41)17(3)34-27(43)19-8-5-13-32-19/h16-22,24,32H,5-15H2,1-4H3,(H,33,41)(H,34,43)(H,35,42)(H,36,44)(H,39,40)(H,47,48)/t17-,18-,19-,20-,21-,22-,24-/m0/s1. The second-order valence-electron chi connectivity index (χ2n) is 13.1. The summed E-state index contributed by atoms with van der Waals surface area (Å²) in [4.78, 5) is 104. The van der Waals surface area contributed by atoms with Crippen LogP contribution in [0.15, 0.2) is 0 Å². The van der Waals surface area contributed by atoms with Gasteiger partial charge in [0, 0.05) is 19.5 Å². The predicted octanol–water partition coefficient (Wildman–Crippen LogP) is -1.70. The number of likely N-dealkylation sites (tertiary alicyclic amines) is 2. The molecule has 3 saturated heterocycles. The van der Waals surface area contributed by atoms with Gasteiger partial charge in [-0.25, -0.2) is 4.79 Å². The highest BCUT2D eigenvalue weighted by molar-refractivity contribution is 5.97. The van der Waals surface area contributed by atoms with Crippen LogP contribution in [0.2, 0.25) is 0 Å². The molecule has 0 aliphatic carbocycles. The van der Waals surface area contributed by atoms with Crippen LogP contribution in [-0.2, 0) is 38.4 Å². The predicted molar refractivity (Wildman–Crippen MR) is 169 cm³/mol. The molecule has 17 heteroatoms. The van der Waals surface area contributed by atoms with Crippen LogP contribution < -0.4 is 26.6 Å². The first-order valence-electron chi connectivity index (χ1n) is 16.6. The Morgan fingerprint density at radius 3 is 1.85 bits per heavy atom. The summed E-state index contributed by atoms with van der Waals surface area (Å²) in [5, 5.41) is 32.2. The van der Waals surface area contributed by atoms with E-state index in [1.54, 1.807) is 13.8 Å². The molecule has 0 bridgehead atoms. The lowest BCUT2D eigenvalue weighted by Gasteiger charge is -2.32. The number of hydrogen-bond donors (Lipinski definition) is 7. The minimum Gasteiger partial charge on any atom is -0.481 e. The number of carbonyl (C=O) groups is 8. The molecule has 0 radical (unpaired) electrons. The maximum atomic E-state index is 13.7. The van der Waals surface area contributed by atoms with Crippen LogP contribution in [0.1, 0.15) is 79.1 Å². The van der Waals surface area contributed by atoms with Crippen molar-refractivity contribution in [3.05, 3.63) is 0 Å². The largest absolute Gasteiger partial charge is 0.481 e. The van der Waals surface area contributed by atoms with Gasteiger partial charge in [-0.1, -0.05) is 13.8 Å². The first kappa shape index (κ1) is 38.2. The van der Waals surface area contributed by atoms with Crippen molar-refractivity contribution < 1.29 is 48.6 Å². The van der Waals surface area contributed by atoms with Crippen molar-refractivity contribution in [1.82, 2.24) is 36.4 Å². The summed E-state index contributed by atoms with van der Waals surface area (Å²) < 4.78 is 0. The van der Waals surface area contributed by atoms with Gasteiger partial charge in [-0.2, -0.15) is 0 Å². The van der Waals surface area contributed by atoms with Gasteiger partial charge in [0.15, 0.2) is 0 Å². The molecule has 0 unspecified atom stereocenters. The molecular weight excluding hydrogens is 630 g/mol. The maximum absolute atomic E-state index is 13.7. The van der Waals surface area contributed by atoms with Gasteiger partial charge in [0.2, 0.25) is 35.4 Å². The van der Waals surface area contributed by atoms with E-state index in [0.717, 1.165) is 6.42 Å². The molecule has 3 fully saturated rings. The molecule has 0 aromatic heterocycles. The molecule has 17 nitrogen and oxygen atoms in total. The normalized spacial score (nSPS) is 23.1. The Morgan fingerprint density at radius 1 is 0.708 bits per heavy atom. The Morgan fingerprint density at radius 2 is 1.29 bits per heavy atom. The average Bonchev–Trinajstić information content (AvgIpc) is 3.82. The average molecular weight is 680 g/mol. The molecule has 268 valence electrons. The van der Waals surface area contributed by atoms with Crippen LogP contribution in [0.4, 0.5) is 0 Å². The lowest BCUT2D eigenvalue weighted by Crippen LogP contribution is -2.59. The lowest BCUT2D eigenvalue weighted by atomic mass is 10.0. The van der Waals surface area contributed by atoms with Gasteiger partial charge in [-0.3, -0.25) is 33.6 Å². The zero-order valence-electron chi connectivity index (χ0n) is 28.0. The number of carboxylic acids is 2. The summed E-state index contributed by atoms with van der Waals surface area (Å²) in [6.45, 7) is 7.37. The van der Waals surface area contributed by atoms with E-state index < -0.39 is 96.1 Å². The van der Waals surface area contributed by atoms with Crippen molar-refractivity contribution >= 4 is 47.4 Å². The number of hydrogen-bond acceptors (Lipinski definition) is 9. The minimum absolute atomic E-state index is 0.142. The van der Waals surface area contributed by atoms with Gasteiger partial charge in [0.1, 0.15) is 36.3 Å². The molecule has 0 saturated carbocycles. The Bertz CT molecular complexity index is 1250. The van der Waals surface area contributed by atoms with Crippen LogP contribution in [0.3, 0.4) is 0 Å². The highest BCUT2D eigenvalue weighted by Gasteiger charge is 2.42. The second-order valence-corrected chi connectivity index (χ2v) is 13.1. The van der Waals surface area contributed by atoms with E-state index in [9.17, 15) is 48.6 Å². The number of rotatable bonds is 15. The fourth-order valence-corrected chi connectivity index (χ4v) is 6.25. The third kappa shape index (κ3) is 9.87. The van der Waals surface area contributed by atoms with Crippen LogP contribution in [0, 0.1) is 5.92 Å². The van der Waals surface area contributed by atoms with E-state index in [4.69, 9.17) is 0 Å². The Balaban J connectivity index is 1.66. The molecule has 6 amide bonds. The molecule has 3 heterocycles. The van der Waals surface area contributed by atoms with E-state index in [-0.39, 0.29) is 31.8 Å². The topological polar surface area (TPSA) is 244 Å². The molecular formula is C31H49N7O10. The summed E-state index contributed by atoms with van der Waals surface area (Å²) in [6.07, 6.45) is 2.25. The minimum atomic E-state index is -1.34. The van der Waals surface area contributed by atoms with Crippen molar-refractivity contribution in [2.75, 3.05) is 19.6 Å². The molecule has 48 heavy (non-hydrogen) atoms. The lowest BCUT2D eigenvalue weighted by molar-refractivity contribution is -0.150. The Kier molecular flexibility index (Phi) is 13.7. The van der Waals surface area contributed by atoms with Gasteiger partial charge in [0.05, 0.1) is 6.04 Å². The summed E-state index contributed by atoms with van der Waals surface area (Å²) >= 11 is 0. The monoisotopic (exact) mass is 679 g/mol. The zero-order valence-corrected chi connectivity index (χ0v) is 28.0. The number of carboxylic acid groups (broad SMARTS) is 2. The summed E-state index contributed by atoms with van der Waals surface area (Å²) in [5.41, 5.74) is 0. The number of carbonyl (C=O) groups excluding carboxylic acids is 6. The molecule has 0 aromatic rings. The second kappa shape index (κ2) is 17.2. The zero-order chi connectivity index (χ0) is 35.7. The van der Waals surface area contributed by atoms with Crippen LogP contribution in [-0.4, -0.2) is 129 Å². The highest BCUT2D eigenvalue weighted by Crippen LogP contribution is 2.23. The van der Waals surface area contributed by atoms with Gasteiger partial charge in [0.25, 0.3) is 0 Å². The van der Waals surface area contributed by atoms with Crippen molar-refractivity contribution in [2.45, 2.75) is 121 Å². The summed E-state index contributed by atoms with van der Waals surface area (Å²) in [6, 6.07) is -6.88. The molecule has 3 rings (SSSR count). The fraction of sp³-hybridized carbons (Fsp3) is 0.742. The van der Waals surface area contributed by atoms with E-state index >= 15 is 0 Å². The quantitative estimate of drug-likeness (QED) is 0.103. The molecule has 0 spiro atoms. The molecule has 3 aliphatic heterocycles. The number of amides is 6. The van der Waals surface area contributed by atoms with Gasteiger partial charge < -0.3 is 46.6 Å². The highest BCUT2D eigenvalue weighted by atomic mass is 16.4. The number of aliphatic carboxylic acids is 2. The van der Waals surface area contributed by atoms with Crippen LogP contribution in [0.25, 0.3) is 0 Å². The molecule has 0 aromatic carbocycles. The molecule has 3 aliphatic rings. The maximum Gasteiger partial charge on any atom is 0.326 e. The number of nitrogens with one attached hydrogen (secondary N) is 5. The van der Waals surface area contributed by atoms with Crippen molar-refractivity contribution in [3.8, 4) is 0 Å². The smallest absolute Gasteiger partial charge is 0.326 e. The van der Waals surface area contributed by atoms with E-state index in [1.807, 2.05) is 0 Å². The third-order valence-corrected chi connectivity index (χ3v) is 9.03. The van der Waals surface area contributed by atoms with Gasteiger partial charge in [-0.05, 0) is 71.3 Å². The summed E-state index contributed by atoms with van der Waals surface area (Å²) in [7, 11) is 0. The molecule has 7 N–H and O–H groups in total. The van der Waals surface area contributed by atoms with Gasteiger partial charge >= 0.3 is 11.9 Å². The Labute approximate surface area is 279 Å². The van der Waals surface area contributed by atoms with E-state index in [1.165, 1.54) is 23.6 Å². The van der Waals surface area contributed by atoms with Crippen molar-refractivity contribution in [1.29, 1.82) is 0 Å². The first-order chi connectivity index (χ1) is 22.6. The molecule has 7 atom stereocenters. The van der Waals surface area contributed by atoms with Crippen LogP contribution >= 0.6 is 0 Å². The van der Waals surface area contributed by atoms with E-state index in [2.05, 4.69) is 26.6 Å². The van der Waals surface area contributed by atoms with Crippen molar-refractivity contribution in [2.24, 2.45) is 5.92 Å². The van der Waals surface area contributed by atoms with Crippen LogP contribution in [0.5, 0.6) is 0 Å². The summed E-state index contributed by atoms with van der Waals surface area (Å²) in [5.74, 6) is -6.29. The third-order valence-electron chi connectivity index (χ3n) is 9.03. The van der Waals surface area contributed by atoms with E-state index in [0.29, 0.717) is 32.2 Å². The van der Waals surface area contributed by atoms with Crippen molar-refractivity contribution in [3.63, 3.8) is 0 Å².